The van der Waals surface area contributed by atoms with Crippen molar-refractivity contribution in [3.8, 4) is 0 Å². The van der Waals surface area contributed by atoms with E-state index in [-0.39, 0.29) is 16.7 Å². The second-order valence-electron chi connectivity index (χ2n) is 5.30. The predicted molar refractivity (Wildman–Crippen MR) is 77.5 cm³/mol. The first-order valence-electron chi connectivity index (χ1n) is 6.07. The highest BCUT2D eigenvalue weighted by molar-refractivity contribution is 6.89. The van der Waals surface area contributed by atoms with Gasteiger partial charge in [0.2, 0.25) is 0 Å². The zero-order valence-corrected chi connectivity index (χ0v) is 13.3. The van der Waals surface area contributed by atoms with Crippen LogP contribution in [0.4, 0.5) is 0 Å². The average Bonchev–Trinajstić information content (AvgIpc) is 2.42. The Kier molecular flexibility index (Phi) is 4.83. The molecular formula is C14H18O5Si. The molecule has 1 rings (SSSR count). The normalized spacial score (nSPS) is 10.8. The second-order valence-corrected chi connectivity index (χ2v) is 10.3. The van der Waals surface area contributed by atoms with E-state index in [2.05, 4.69) is 0 Å². The lowest BCUT2D eigenvalue weighted by molar-refractivity contribution is 0.0555. The predicted octanol–water partition coefficient (Wildman–Crippen LogP) is 1.62. The molecule has 0 saturated carbocycles. The average molecular weight is 294 g/mol. The summed E-state index contributed by atoms with van der Waals surface area (Å²) in [4.78, 5) is 35.1. The number of rotatable bonds is 4. The maximum absolute atomic E-state index is 12.1. The topological polar surface area (TPSA) is 69.7 Å². The Hall–Kier alpha value is -1.95. The van der Waals surface area contributed by atoms with Crippen LogP contribution in [0.5, 0.6) is 0 Å². The molecule has 0 spiro atoms. The summed E-state index contributed by atoms with van der Waals surface area (Å²) >= 11 is 0. The Morgan fingerprint density at radius 3 is 1.90 bits per heavy atom. The fourth-order valence-corrected chi connectivity index (χ4v) is 3.54. The van der Waals surface area contributed by atoms with E-state index in [0.29, 0.717) is 6.29 Å². The van der Waals surface area contributed by atoms with Gasteiger partial charge in [-0.15, -0.1) is 0 Å². The van der Waals surface area contributed by atoms with Gasteiger partial charge in [0, 0.05) is 5.56 Å². The molecule has 108 valence electrons. The number of carbonyl (C=O) groups is 3. The standard InChI is InChI=1S/C14H18O5Si/c1-18-13(16)11-9(8-15)6-7-10(20(3,4)5)12(11)14(17)19-2/h6-8H,1-5H3. The molecule has 0 atom stereocenters. The molecule has 5 nitrogen and oxygen atoms in total. The summed E-state index contributed by atoms with van der Waals surface area (Å²) in [6.45, 7) is 6.11. The summed E-state index contributed by atoms with van der Waals surface area (Å²) in [5.74, 6) is -1.35. The summed E-state index contributed by atoms with van der Waals surface area (Å²) in [5.41, 5.74) is 0.247. The van der Waals surface area contributed by atoms with E-state index >= 15 is 0 Å². The molecule has 0 radical (unpaired) electrons. The molecule has 1 aromatic rings. The van der Waals surface area contributed by atoms with E-state index < -0.39 is 20.0 Å². The summed E-state index contributed by atoms with van der Waals surface area (Å²) in [7, 11) is 0.541. The van der Waals surface area contributed by atoms with Crippen LogP contribution in [0.3, 0.4) is 0 Å². The quantitative estimate of drug-likeness (QED) is 0.479. The van der Waals surface area contributed by atoms with Crippen LogP contribution in [0.15, 0.2) is 12.1 Å². The lowest BCUT2D eigenvalue weighted by atomic mass is 10.0. The molecule has 0 fully saturated rings. The van der Waals surface area contributed by atoms with Crippen molar-refractivity contribution in [2.24, 2.45) is 0 Å². The zero-order chi connectivity index (χ0) is 15.5. The van der Waals surface area contributed by atoms with Gasteiger partial charge in [0.15, 0.2) is 6.29 Å². The summed E-state index contributed by atoms with van der Waals surface area (Å²) in [6.07, 6.45) is 0.534. The first-order valence-corrected chi connectivity index (χ1v) is 9.57. The maximum Gasteiger partial charge on any atom is 0.339 e. The molecule has 0 bridgehead atoms. The fourth-order valence-electron chi connectivity index (χ4n) is 1.98. The van der Waals surface area contributed by atoms with Crippen LogP contribution < -0.4 is 5.19 Å². The molecule has 6 heteroatoms. The number of methoxy groups -OCH3 is 2. The van der Waals surface area contributed by atoms with Gasteiger partial charge in [-0.2, -0.15) is 0 Å². The first kappa shape index (κ1) is 16.1. The van der Waals surface area contributed by atoms with Gasteiger partial charge in [-0.05, 0) is 5.19 Å². The number of esters is 2. The molecule has 0 aliphatic carbocycles. The van der Waals surface area contributed by atoms with Crippen LogP contribution in [0, 0.1) is 0 Å². The van der Waals surface area contributed by atoms with Gasteiger partial charge in [-0.3, -0.25) is 4.79 Å². The van der Waals surface area contributed by atoms with Crippen molar-refractivity contribution < 1.29 is 23.9 Å². The number of hydrogen-bond donors (Lipinski definition) is 0. The van der Waals surface area contributed by atoms with Crippen molar-refractivity contribution in [2.45, 2.75) is 19.6 Å². The monoisotopic (exact) mass is 294 g/mol. The Morgan fingerprint density at radius 1 is 1.00 bits per heavy atom. The SMILES string of the molecule is COC(=O)c1c(C=O)ccc([Si](C)(C)C)c1C(=O)OC. The van der Waals surface area contributed by atoms with Crippen LogP contribution in [0.25, 0.3) is 0 Å². The fraction of sp³-hybridized carbons (Fsp3) is 0.357. The minimum Gasteiger partial charge on any atom is -0.465 e. The van der Waals surface area contributed by atoms with Gasteiger partial charge in [-0.1, -0.05) is 31.8 Å². The van der Waals surface area contributed by atoms with Crippen LogP contribution in [-0.2, 0) is 9.47 Å². The third kappa shape index (κ3) is 2.96. The highest BCUT2D eigenvalue weighted by Crippen LogP contribution is 2.18. The molecule has 0 aliphatic heterocycles. The van der Waals surface area contributed by atoms with Gasteiger partial charge in [-0.25, -0.2) is 9.59 Å². The smallest absolute Gasteiger partial charge is 0.339 e. The molecule has 20 heavy (non-hydrogen) atoms. The number of hydrogen-bond acceptors (Lipinski definition) is 5. The number of ether oxygens (including phenoxy) is 2. The highest BCUT2D eigenvalue weighted by atomic mass is 28.3. The number of benzene rings is 1. The summed E-state index contributed by atoms with van der Waals surface area (Å²) in [6, 6.07) is 3.26. The minimum atomic E-state index is -1.91. The van der Waals surface area contributed by atoms with E-state index in [1.54, 1.807) is 12.1 Å². The highest BCUT2D eigenvalue weighted by Gasteiger charge is 2.31. The van der Waals surface area contributed by atoms with E-state index in [1.165, 1.54) is 14.2 Å². The molecule has 0 unspecified atom stereocenters. The van der Waals surface area contributed by atoms with Gasteiger partial charge in [0.05, 0.1) is 33.4 Å². The molecule has 1 aromatic carbocycles. The van der Waals surface area contributed by atoms with Crippen LogP contribution in [-0.4, -0.2) is 40.5 Å². The van der Waals surface area contributed by atoms with Gasteiger partial charge >= 0.3 is 11.9 Å². The minimum absolute atomic E-state index is 0.0192. The Balaban J connectivity index is 3.79. The van der Waals surface area contributed by atoms with Crippen molar-refractivity contribution in [1.82, 2.24) is 0 Å². The van der Waals surface area contributed by atoms with E-state index in [9.17, 15) is 14.4 Å². The van der Waals surface area contributed by atoms with Crippen molar-refractivity contribution >= 4 is 31.5 Å². The lowest BCUT2D eigenvalue weighted by Gasteiger charge is -2.22. The molecule has 0 aromatic heterocycles. The Bertz CT molecular complexity index is 557. The zero-order valence-electron chi connectivity index (χ0n) is 12.3. The molecule has 0 N–H and O–H groups in total. The maximum atomic E-state index is 12.1. The molecule has 0 aliphatic rings. The Labute approximate surface area is 118 Å². The van der Waals surface area contributed by atoms with Gasteiger partial charge in [0.25, 0.3) is 0 Å². The van der Waals surface area contributed by atoms with Gasteiger partial charge in [0.1, 0.15) is 0 Å². The van der Waals surface area contributed by atoms with Crippen LogP contribution in [0.2, 0.25) is 19.6 Å². The molecule has 0 heterocycles. The second kappa shape index (κ2) is 6.00. The summed E-state index contributed by atoms with van der Waals surface area (Å²) in [5, 5.41) is 0.760. The van der Waals surface area contributed by atoms with Crippen molar-refractivity contribution in [3.05, 3.63) is 28.8 Å². The third-order valence-electron chi connectivity index (χ3n) is 2.95. The largest absolute Gasteiger partial charge is 0.465 e. The van der Waals surface area contributed by atoms with Gasteiger partial charge < -0.3 is 9.47 Å². The van der Waals surface area contributed by atoms with Crippen molar-refractivity contribution in [3.63, 3.8) is 0 Å². The first-order chi connectivity index (χ1) is 9.27. The molecule has 0 saturated heterocycles. The van der Waals surface area contributed by atoms with E-state index in [0.717, 1.165) is 5.19 Å². The van der Waals surface area contributed by atoms with E-state index in [1.807, 2.05) is 19.6 Å². The number of carbonyl (C=O) groups excluding carboxylic acids is 3. The van der Waals surface area contributed by atoms with Crippen molar-refractivity contribution in [1.29, 1.82) is 0 Å². The Morgan fingerprint density at radius 2 is 1.50 bits per heavy atom. The lowest BCUT2D eigenvalue weighted by Crippen LogP contribution is -2.43. The summed E-state index contributed by atoms with van der Waals surface area (Å²) < 4.78 is 9.46. The third-order valence-corrected chi connectivity index (χ3v) is 4.98. The molecular weight excluding hydrogens is 276 g/mol. The molecule has 0 amide bonds. The van der Waals surface area contributed by atoms with Crippen molar-refractivity contribution in [2.75, 3.05) is 14.2 Å². The van der Waals surface area contributed by atoms with E-state index in [4.69, 9.17) is 9.47 Å². The van der Waals surface area contributed by atoms with Crippen LogP contribution >= 0.6 is 0 Å². The van der Waals surface area contributed by atoms with Crippen LogP contribution in [0.1, 0.15) is 31.1 Å². The number of aldehydes is 1.